The molecule has 84 valence electrons. The third-order valence-electron chi connectivity index (χ3n) is 4.21. The van der Waals surface area contributed by atoms with Gasteiger partial charge < -0.3 is 4.74 Å². The van der Waals surface area contributed by atoms with Crippen LogP contribution in [0, 0.1) is 5.41 Å². The molecular weight excluding hydrogens is 200 g/mol. The molecule has 1 aliphatic heterocycles. The number of fused-ring (bicyclic) bond motifs is 2. The summed E-state index contributed by atoms with van der Waals surface area (Å²) in [5.74, 6) is -0.0656. The van der Waals surface area contributed by atoms with E-state index in [1.54, 1.807) is 0 Å². The highest BCUT2D eigenvalue weighted by atomic mass is 16.6. The number of rotatable bonds is 0. The molecule has 1 fully saturated rings. The van der Waals surface area contributed by atoms with E-state index in [1.165, 1.54) is 11.1 Å². The van der Waals surface area contributed by atoms with Gasteiger partial charge in [-0.2, -0.15) is 0 Å². The van der Waals surface area contributed by atoms with Crippen LogP contribution in [0.25, 0.3) is 0 Å². The topological polar surface area (TPSA) is 26.3 Å². The number of ether oxygens (including phenoxy) is 1. The van der Waals surface area contributed by atoms with E-state index in [0.717, 1.165) is 19.3 Å². The summed E-state index contributed by atoms with van der Waals surface area (Å²) in [4.78, 5) is 11.6. The number of hydrogen-bond acceptors (Lipinski definition) is 2. The zero-order valence-electron chi connectivity index (χ0n) is 9.75. The monoisotopic (exact) mass is 216 g/mol. The van der Waals surface area contributed by atoms with Crippen LogP contribution in [0.3, 0.4) is 0 Å². The molecule has 2 aliphatic rings. The number of benzene rings is 1. The van der Waals surface area contributed by atoms with Gasteiger partial charge in [0.1, 0.15) is 5.41 Å². The predicted octanol–water partition coefficient (Wildman–Crippen LogP) is 2.80. The first kappa shape index (κ1) is 9.88. The van der Waals surface area contributed by atoms with E-state index < -0.39 is 0 Å². The van der Waals surface area contributed by atoms with Crippen LogP contribution in [0.2, 0.25) is 0 Å². The van der Waals surface area contributed by atoms with Gasteiger partial charge in [-0.3, -0.25) is 4.79 Å². The third kappa shape index (κ3) is 0.952. The van der Waals surface area contributed by atoms with Crippen molar-refractivity contribution in [2.75, 3.05) is 0 Å². The van der Waals surface area contributed by atoms with Crippen molar-refractivity contribution >= 4 is 5.97 Å². The van der Waals surface area contributed by atoms with E-state index in [1.807, 2.05) is 19.9 Å². The Labute approximate surface area is 95.6 Å². The first-order valence-electron chi connectivity index (χ1n) is 5.90. The van der Waals surface area contributed by atoms with Gasteiger partial charge >= 0.3 is 5.97 Å². The number of hydrogen-bond donors (Lipinski definition) is 0. The van der Waals surface area contributed by atoms with Crippen molar-refractivity contribution in [3.63, 3.8) is 0 Å². The molecule has 0 bridgehead atoms. The van der Waals surface area contributed by atoms with Gasteiger partial charge in [0.15, 0.2) is 5.60 Å². The second-order valence-electron chi connectivity index (χ2n) is 5.35. The Bertz CT molecular complexity index is 462. The summed E-state index contributed by atoms with van der Waals surface area (Å²) < 4.78 is 5.57. The second-order valence-corrected chi connectivity index (χ2v) is 5.35. The SMILES string of the molecule is CC1(C)C(=O)O[C@]12CCCc1ccccc12. The maximum absolute atomic E-state index is 11.6. The van der Waals surface area contributed by atoms with E-state index in [2.05, 4.69) is 18.2 Å². The summed E-state index contributed by atoms with van der Waals surface area (Å²) in [6, 6.07) is 8.36. The van der Waals surface area contributed by atoms with Crippen LogP contribution in [0.15, 0.2) is 24.3 Å². The molecule has 16 heavy (non-hydrogen) atoms. The molecule has 0 saturated carbocycles. The Morgan fingerprint density at radius 3 is 2.69 bits per heavy atom. The third-order valence-corrected chi connectivity index (χ3v) is 4.21. The summed E-state index contributed by atoms with van der Waals surface area (Å²) in [6.07, 6.45) is 3.17. The van der Waals surface area contributed by atoms with Crippen molar-refractivity contribution in [1.29, 1.82) is 0 Å². The van der Waals surface area contributed by atoms with Crippen molar-refractivity contribution in [1.82, 2.24) is 0 Å². The lowest BCUT2D eigenvalue weighted by molar-refractivity contribution is -0.245. The van der Waals surface area contributed by atoms with Gasteiger partial charge in [0.05, 0.1) is 0 Å². The summed E-state index contributed by atoms with van der Waals surface area (Å²) in [5.41, 5.74) is 1.85. The Morgan fingerprint density at radius 2 is 2.00 bits per heavy atom. The fraction of sp³-hybridized carbons (Fsp3) is 0.500. The lowest BCUT2D eigenvalue weighted by atomic mass is 9.60. The summed E-state index contributed by atoms with van der Waals surface area (Å²) in [7, 11) is 0. The molecule has 1 atom stereocenters. The summed E-state index contributed by atoms with van der Waals surface area (Å²) in [6.45, 7) is 4.00. The maximum Gasteiger partial charge on any atom is 0.316 e. The maximum atomic E-state index is 11.6. The Balaban J connectivity index is 2.16. The fourth-order valence-corrected chi connectivity index (χ4v) is 3.08. The highest BCUT2D eigenvalue weighted by Crippen LogP contribution is 2.57. The van der Waals surface area contributed by atoms with Crippen LogP contribution in [0.1, 0.15) is 37.8 Å². The van der Waals surface area contributed by atoms with Gasteiger partial charge in [0.2, 0.25) is 0 Å². The molecule has 1 aromatic carbocycles. The minimum Gasteiger partial charge on any atom is -0.452 e. The Kier molecular flexibility index (Phi) is 1.78. The summed E-state index contributed by atoms with van der Waals surface area (Å²) >= 11 is 0. The van der Waals surface area contributed by atoms with Gasteiger partial charge in [-0.1, -0.05) is 24.3 Å². The number of carbonyl (C=O) groups is 1. The normalized spacial score (nSPS) is 30.5. The molecule has 0 amide bonds. The van der Waals surface area contributed by atoms with Gasteiger partial charge in [-0.15, -0.1) is 0 Å². The van der Waals surface area contributed by atoms with E-state index in [-0.39, 0.29) is 17.0 Å². The van der Waals surface area contributed by atoms with E-state index in [4.69, 9.17) is 4.74 Å². The fourth-order valence-electron chi connectivity index (χ4n) is 3.08. The average Bonchev–Trinajstić information content (AvgIpc) is 2.29. The van der Waals surface area contributed by atoms with E-state index in [0.29, 0.717) is 0 Å². The molecular formula is C14H16O2. The predicted molar refractivity (Wildman–Crippen MR) is 60.9 cm³/mol. The van der Waals surface area contributed by atoms with Crippen molar-refractivity contribution in [2.45, 2.75) is 38.7 Å². The molecule has 0 aromatic heterocycles. The lowest BCUT2D eigenvalue weighted by Crippen LogP contribution is -2.62. The van der Waals surface area contributed by atoms with Crippen LogP contribution in [-0.2, 0) is 21.6 Å². The molecule has 1 aliphatic carbocycles. The molecule has 2 nitrogen and oxygen atoms in total. The smallest absolute Gasteiger partial charge is 0.316 e. The van der Waals surface area contributed by atoms with Crippen LogP contribution in [0.5, 0.6) is 0 Å². The standard InChI is InChI=1S/C14H16O2/c1-13(2)12(15)16-14(13)9-5-7-10-6-3-4-8-11(10)14/h3-4,6,8H,5,7,9H2,1-2H3/t14-/m0/s1. The Morgan fingerprint density at radius 1 is 1.25 bits per heavy atom. The van der Waals surface area contributed by atoms with Crippen molar-refractivity contribution in [2.24, 2.45) is 5.41 Å². The number of esters is 1. The number of carbonyl (C=O) groups excluding carboxylic acids is 1. The molecule has 1 aromatic rings. The summed E-state index contributed by atoms with van der Waals surface area (Å²) in [5, 5.41) is 0. The zero-order valence-corrected chi connectivity index (χ0v) is 9.75. The quantitative estimate of drug-likeness (QED) is 0.623. The van der Waals surface area contributed by atoms with Crippen LogP contribution in [0.4, 0.5) is 0 Å². The molecule has 2 heteroatoms. The van der Waals surface area contributed by atoms with Crippen LogP contribution < -0.4 is 0 Å². The van der Waals surface area contributed by atoms with Crippen LogP contribution in [-0.4, -0.2) is 5.97 Å². The van der Waals surface area contributed by atoms with Crippen molar-refractivity contribution < 1.29 is 9.53 Å². The first-order chi connectivity index (χ1) is 7.58. The first-order valence-corrected chi connectivity index (χ1v) is 5.90. The van der Waals surface area contributed by atoms with Gasteiger partial charge in [0.25, 0.3) is 0 Å². The van der Waals surface area contributed by atoms with E-state index >= 15 is 0 Å². The molecule has 0 unspecified atom stereocenters. The van der Waals surface area contributed by atoms with Crippen molar-refractivity contribution in [3.05, 3.63) is 35.4 Å². The van der Waals surface area contributed by atoms with Crippen LogP contribution >= 0.6 is 0 Å². The van der Waals surface area contributed by atoms with Crippen molar-refractivity contribution in [3.8, 4) is 0 Å². The molecule has 0 radical (unpaired) electrons. The molecule has 0 N–H and O–H groups in total. The molecule has 1 spiro atoms. The zero-order chi connectivity index (χ0) is 11.4. The second kappa shape index (κ2) is 2.88. The average molecular weight is 216 g/mol. The highest BCUT2D eigenvalue weighted by molar-refractivity contribution is 5.85. The van der Waals surface area contributed by atoms with Gasteiger partial charge in [0, 0.05) is 0 Å². The molecule has 3 rings (SSSR count). The van der Waals surface area contributed by atoms with Gasteiger partial charge in [-0.05, 0) is 44.2 Å². The van der Waals surface area contributed by atoms with E-state index in [9.17, 15) is 4.79 Å². The highest BCUT2D eigenvalue weighted by Gasteiger charge is 2.64. The Hall–Kier alpha value is -1.31. The van der Waals surface area contributed by atoms with Gasteiger partial charge in [-0.25, -0.2) is 0 Å². The molecule has 1 heterocycles. The minimum atomic E-state index is -0.372. The largest absolute Gasteiger partial charge is 0.452 e. The number of aryl methyl sites for hydroxylation is 1. The lowest BCUT2D eigenvalue weighted by Gasteiger charge is -2.55. The molecule has 1 saturated heterocycles. The minimum absolute atomic E-state index is 0.0656.